The Kier molecular flexibility index (Phi) is 6.72. The second-order valence-electron chi connectivity index (χ2n) is 9.62. The molecule has 0 aromatic heterocycles. The quantitative estimate of drug-likeness (QED) is 0.534. The third-order valence-corrected chi connectivity index (χ3v) is 6.40. The zero-order valence-electron chi connectivity index (χ0n) is 19.4. The van der Waals surface area contributed by atoms with E-state index in [0.29, 0.717) is 12.8 Å². The highest BCUT2D eigenvalue weighted by atomic mass is 16.5. The van der Waals surface area contributed by atoms with E-state index in [1.807, 2.05) is 36.4 Å². The molecule has 34 heavy (non-hydrogen) atoms. The number of ether oxygens (including phenoxy) is 1. The molecule has 0 aliphatic heterocycles. The highest BCUT2D eigenvalue weighted by Crippen LogP contribution is 2.44. The van der Waals surface area contributed by atoms with E-state index in [-0.39, 0.29) is 36.8 Å². The lowest BCUT2D eigenvalue weighted by atomic mass is 9.89. The summed E-state index contributed by atoms with van der Waals surface area (Å²) >= 11 is 0. The number of carbonyl (C=O) groups excluding carboxylic acids is 2. The van der Waals surface area contributed by atoms with Gasteiger partial charge in [0.1, 0.15) is 6.61 Å². The Morgan fingerprint density at radius 2 is 1.65 bits per heavy atom. The molecule has 2 unspecified atom stereocenters. The predicted molar refractivity (Wildman–Crippen MR) is 128 cm³/mol. The van der Waals surface area contributed by atoms with Gasteiger partial charge in [0, 0.05) is 17.4 Å². The molecule has 178 valence electrons. The van der Waals surface area contributed by atoms with Gasteiger partial charge >= 0.3 is 12.1 Å². The van der Waals surface area contributed by atoms with E-state index in [4.69, 9.17) is 9.84 Å². The van der Waals surface area contributed by atoms with Gasteiger partial charge in [0.2, 0.25) is 5.91 Å². The fourth-order valence-electron chi connectivity index (χ4n) is 4.86. The second-order valence-corrected chi connectivity index (χ2v) is 9.62. The standard InChI is InChI=1S/C27H30N2O5/c1-27(2,15-24(30)31)29-25(32)17-8-7-9-18(14-17)28-26(33)34-16-23-21-12-5-3-10-19(21)20-11-4-6-13-22(20)23/h3-7,9-13,17-18,23H,8,14-16H2,1-2H3,(H,28,33)(H,29,32)(H,30,31). The van der Waals surface area contributed by atoms with E-state index in [1.54, 1.807) is 13.8 Å². The first-order valence-corrected chi connectivity index (χ1v) is 11.6. The average molecular weight is 463 g/mol. The van der Waals surface area contributed by atoms with Crippen LogP contribution in [-0.2, 0) is 14.3 Å². The summed E-state index contributed by atoms with van der Waals surface area (Å²) in [5.74, 6) is -1.55. The summed E-state index contributed by atoms with van der Waals surface area (Å²) in [5, 5.41) is 14.7. The van der Waals surface area contributed by atoms with Crippen molar-refractivity contribution in [2.75, 3.05) is 6.61 Å². The molecule has 2 amide bonds. The molecule has 0 heterocycles. The number of carbonyl (C=O) groups is 3. The zero-order valence-corrected chi connectivity index (χ0v) is 19.4. The average Bonchev–Trinajstić information content (AvgIpc) is 3.10. The van der Waals surface area contributed by atoms with Crippen molar-refractivity contribution in [1.29, 1.82) is 0 Å². The topological polar surface area (TPSA) is 105 Å². The van der Waals surface area contributed by atoms with Crippen LogP contribution >= 0.6 is 0 Å². The third kappa shape index (κ3) is 5.30. The monoisotopic (exact) mass is 462 g/mol. The Balaban J connectivity index is 1.33. The van der Waals surface area contributed by atoms with E-state index in [9.17, 15) is 14.4 Å². The summed E-state index contributed by atoms with van der Waals surface area (Å²) in [6.45, 7) is 3.60. The summed E-state index contributed by atoms with van der Waals surface area (Å²) in [5.41, 5.74) is 3.79. The first-order chi connectivity index (χ1) is 16.2. The van der Waals surface area contributed by atoms with Crippen LogP contribution in [0.25, 0.3) is 11.1 Å². The zero-order chi connectivity index (χ0) is 24.3. The maximum absolute atomic E-state index is 12.7. The molecule has 0 radical (unpaired) electrons. The van der Waals surface area contributed by atoms with Gasteiger partial charge in [-0.1, -0.05) is 60.7 Å². The van der Waals surface area contributed by atoms with Crippen LogP contribution in [0.1, 0.15) is 50.2 Å². The van der Waals surface area contributed by atoms with Crippen LogP contribution in [0, 0.1) is 5.92 Å². The molecule has 4 rings (SSSR count). The number of nitrogens with one attached hydrogen (secondary N) is 2. The highest BCUT2D eigenvalue weighted by molar-refractivity contribution is 5.81. The van der Waals surface area contributed by atoms with Gasteiger partial charge in [-0.15, -0.1) is 0 Å². The molecule has 0 saturated carbocycles. The molecule has 2 aromatic rings. The minimum absolute atomic E-state index is 0.0185. The van der Waals surface area contributed by atoms with Gasteiger partial charge in [-0.05, 0) is 48.9 Å². The summed E-state index contributed by atoms with van der Waals surface area (Å²) in [6, 6.07) is 16.0. The molecule has 7 heteroatoms. The van der Waals surface area contributed by atoms with Crippen LogP contribution in [0.5, 0.6) is 0 Å². The van der Waals surface area contributed by atoms with E-state index in [2.05, 4.69) is 34.9 Å². The van der Waals surface area contributed by atoms with Gasteiger partial charge in [0.05, 0.1) is 12.5 Å². The van der Waals surface area contributed by atoms with Crippen molar-refractivity contribution in [1.82, 2.24) is 10.6 Å². The number of carboxylic acid groups (broad SMARTS) is 1. The SMILES string of the molecule is CC(C)(CC(=O)O)NC(=O)C1CC=CC(NC(=O)OCC2c3ccccc3-c3ccccc32)C1. The Morgan fingerprint density at radius 3 is 2.26 bits per heavy atom. The molecule has 0 fully saturated rings. The smallest absolute Gasteiger partial charge is 0.407 e. The molecule has 0 bridgehead atoms. The predicted octanol–water partition coefficient (Wildman–Crippen LogP) is 4.23. The van der Waals surface area contributed by atoms with Gasteiger partial charge in [0.25, 0.3) is 0 Å². The molecule has 2 atom stereocenters. The van der Waals surface area contributed by atoms with Gasteiger partial charge < -0.3 is 20.5 Å². The molecule has 2 aliphatic carbocycles. The van der Waals surface area contributed by atoms with Gasteiger partial charge in [0.15, 0.2) is 0 Å². The van der Waals surface area contributed by atoms with Crippen LogP contribution in [0.15, 0.2) is 60.7 Å². The van der Waals surface area contributed by atoms with Crippen molar-refractivity contribution < 1.29 is 24.2 Å². The normalized spacial score (nSPS) is 19.1. The fraction of sp³-hybridized carbons (Fsp3) is 0.370. The third-order valence-electron chi connectivity index (χ3n) is 6.40. The molecular weight excluding hydrogens is 432 g/mol. The molecular formula is C27H30N2O5. The summed E-state index contributed by atoms with van der Waals surface area (Å²) < 4.78 is 5.61. The summed E-state index contributed by atoms with van der Waals surface area (Å²) in [4.78, 5) is 36.3. The number of fused-ring (bicyclic) bond motifs is 3. The minimum atomic E-state index is -0.969. The number of rotatable bonds is 7. The lowest BCUT2D eigenvalue weighted by Gasteiger charge is -2.30. The van der Waals surface area contributed by atoms with E-state index in [0.717, 1.165) is 11.1 Å². The number of carboxylic acids is 1. The Labute approximate surface area is 199 Å². The molecule has 2 aliphatic rings. The molecule has 7 nitrogen and oxygen atoms in total. The maximum atomic E-state index is 12.7. The van der Waals surface area contributed by atoms with Crippen molar-refractivity contribution >= 4 is 18.0 Å². The Morgan fingerprint density at radius 1 is 1.03 bits per heavy atom. The van der Waals surface area contributed by atoms with Crippen molar-refractivity contribution in [3.8, 4) is 11.1 Å². The van der Waals surface area contributed by atoms with E-state index < -0.39 is 17.6 Å². The van der Waals surface area contributed by atoms with Crippen molar-refractivity contribution in [2.24, 2.45) is 5.92 Å². The van der Waals surface area contributed by atoms with Crippen molar-refractivity contribution in [3.05, 3.63) is 71.8 Å². The van der Waals surface area contributed by atoms with Gasteiger partial charge in [-0.3, -0.25) is 9.59 Å². The van der Waals surface area contributed by atoms with Crippen LogP contribution in [0.3, 0.4) is 0 Å². The van der Waals surface area contributed by atoms with Crippen LogP contribution in [0.2, 0.25) is 0 Å². The summed E-state index contributed by atoms with van der Waals surface area (Å²) in [7, 11) is 0. The van der Waals surface area contributed by atoms with Gasteiger partial charge in [-0.2, -0.15) is 0 Å². The molecule has 0 saturated heterocycles. The maximum Gasteiger partial charge on any atom is 0.407 e. The largest absolute Gasteiger partial charge is 0.481 e. The minimum Gasteiger partial charge on any atom is -0.481 e. The first-order valence-electron chi connectivity index (χ1n) is 11.6. The summed E-state index contributed by atoms with van der Waals surface area (Å²) in [6.07, 6.45) is 4.01. The highest BCUT2D eigenvalue weighted by Gasteiger charge is 2.32. The van der Waals surface area contributed by atoms with Crippen molar-refractivity contribution in [3.63, 3.8) is 0 Å². The van der Waals surface area contributed by atoms with E-state index in [1.165, 1.54) is 11.1 Å². The Hall–Kier alpha value is -3.61. The lowest BCUT2D eigenvalue weighted by Crippen LogP contribution is -2.49. The molecule has 2 aromatic carbocycles. The number of allylic oxidation sites excluding steroid dienone is 1. The Bertz CT molecular complexity index is 1080. The second kappa shape index (κ2) is 9.71. The molecule has 0 spiro atoms. The first kappa shape index (κ1) is 23.5. The van der Waals surface area contributed by atoms with E-state index >= 15 is 0 Å². The van der Waals surface area contributed by atoms with Crippen LogP contribution < -0.4 is 10.6 Å². The number of benzene rings is 2. The molecule has 3 N–H and O–H groups in total. The fourth-order valence-corrected chi connectivity index (χ4v) is 4.86. The van der Waals surface area contributed by atoms with Crippen LogP contribution in [0.4, 0.5) is 4.79 Å². The number of amides is 2. The lowest BCUT2D eigenvalue weighted by molar-refractivity contribution is -0.139. The number of alkyl carbamates (subject to hydrolysis) is 1. The van der Waals surface area contributed by atoms with Crippen LogP contribution in [-0.4, -0.2) is 41.3 Å². The van der Waals surface area contributed by atoms with Gasteiger partial charge in [-0.25, -0.2) is 4.79 Å². The number of hydrogen-bond donors (Lipinski definition) is 3. The number of hydrogen-bond acceptors (Lipinski definition) is 4. The van der Waals surface area contributed by atoms with Crippen molar-refractivity contribution in [2.45, 2.75) is 50.6 Å². The number of aliphatic carboxylic acids is 1.